The van der Waals surface area contributed by atoms with E-state index >= 15 is 0 Å². The molecule has 3 aromatic rings. The summed E-state index contributed by atoms with van der Waals surface area (Å²) in [5.74, 6) is 0.822. The summed E-state index contributed by atoms with van der Waals surface area (Å²) < 4.78 is 5.61. The summed E-state index contributed by atoms with van der Waals surface area (Å²) in [7, 11) is 3.69. The molecule has 0 saturated heterocycles. The average molecular weight is 464 g/mol. The van der Waals surface area contributed by atoms with E-state index in [9.17, 15) is 10.1 Å². The van der Waals surface area contributed by atoms with E-state index in [2.05, 4.69) is 18.0 Å². The van der Waals surface area contributed by atoms with Gasteiger partial charge in [-0.05, 0) is 30.8 Å². The maximum absolute atomic E-state index is 12.7. The number of para-hydroxylation sites is 1. The van der Waals surface area contributed by atoms with Crippen molar-refractivity contribution in [2.24, 2.45) is 0 Å². The first-order valence-corrected chi connectivity index (χ1v) is 11.6. The normalized spacial score (nSPS) is 13.3. The summed E-state index contributed by atoms with van der Waals surface area (Å²) in [6, 6.07) is 17.0. The highest BCUT2D eigenvalue weighted by Gasteiger charge is 2.26. The molecule has 1 aliphatic rings. The summed E-state index contributed by atoms with van der Waals surface area (Å²) in [4.78, 5) is 19.8. The van der Waals surface area contributed by atoms with E-state index in [0.717, 1.165) is 35.3 Å². The second-order valence-corrected chi connectivity index (χ2v) is 9.01. The van der Waals surface area contributed by atoms with Gasteiger partial charge in [-0.25, -0.2) is 4.98 Å². The van der Waals surface area contributed by atoms with Crippen molar-refractivity contribution in [1.82, 2.24) is 9.88 Å². The van der Waals surface area contributed by atoms with Crippen LogP contribution < -0.4 is 4.74 Å². The number of ketones is 1. The Morgan fingerprint density at radius 1 is 1.28 bits per heavy atom. The molecule has 0 aliphatic carbocycles. The number of nitrogens with zero attached hydrogens (tertiary/aromatic N) is 3. The largest absolute Gasteiger partial charge is 0.496 e. The Hall–Kier alpha value is -2.85. The van der Waals surface area contributed by atoms with Crippen LogP contribution in [0.25, 0.3) is 11.1 Å². The lowest BCUT2D eigenvalue weighted by atomic mass is 9.91. The van der Waals surface area contributed by atoms with Crippen molar-refractivity contribution in [1.29, 1.82) is 5.26 Å². The molecule has 0 amide bonds. The van der Waals surface area contributed by atoms with Crippen molar-refractivity contribution >= 4 is 29.1 Å². The summed E-state index contributed by atoms with van der Waals surface area (Å²) in [5.41, 5.74) is 4.76. The number of hydrogen-bond acceptors (Lipinski definition) is 6. The van der Waals surface area contributed by atoms with Gasteiger partial charge in [-0.15, -0.1) is 0 Å². The van der Waals surface area contributed by atoms with Crippen molar-refractivity contribution in [3.63, 3.8) is 0 Å². The minimum absolute atomic E-state index is 0.0560. The molecule has 7 heteroatoms. The fraction of sp³-hybridized carbons (Fsp3) is 0.240. The summed E-state index contributed by atoms with van der Waals surface area (Å²) in [6.45, 7) is 1.60. The van der Waals surface area contributed by atoms with Gasteiger partial charge >= 0.3 is 0 Å². The molecule has 0 fully saturated rings. The number of nitriles is 1. The van der Waals surface area contributed by atoms with Crippen LogP contribution in [-0.4, -0.2) is 42.1 Å². The van der Waals surface area contributed by atoms with Gasteiger partial charge in [0.15, 0.2) is 5.78 Å². The molecule has 1 aliphatic heterocycles. The predicted octanol–water partition coefficient (Wildman–Crippen LogP) is 5.25. The molecule has 0 unspecified atom stereocenters. The quantitative estimate of drug-likeness (QED) is 0.367. The molecule has 0 bridgehead atoms. The molecule has 32 heavy (non-hydrogen) atoms. The lowest BCUT2D eigenvalue weighted by Crippen LogP contribution is -2.28. The molecule has 0 atom stereocenters. The van der Waals surface area contributed by atoms with Crippen molar-refractivity contribution in [2.75, 3.05) is 26.5 Å². The van der Waals surface area contributed by atoms with Crippen molar-refractivity contribution in [3.8, 4) is 22.9 Å². The summed E-state index contributed by atoms with van der Waals surface area (Å²) in [5, 5.41) is 11.2. The zero-order chi connectivity index (χ0) is 22.7. The smallest absolute Gasteiger partial charge is 0.173 e. The first kappa shape index (κ1) is 22.3. The first-order valence-electron chi connectivity index (χ1n) is 10.2. The minimum atomic E-state index is -0.0560. The molecule has 2 heterocycles. The van der Waals surface area contributed by atoms with Gasteiger partial charge in [0.1, 0.15) is 16.8 Å². The SMILES string of the molecule is COc1ccccc1-c1c(C#N)c(SCC(=O)c2cccc(Cl)c2)nc2c1CN(C)CC2. The van der Waals surface area contributed by atoms with E-state index < -0.39 is 0 Å². The van der Waals surface area contributed by atoms with E-state index in [4.69, 9.17) is 21.3 Å². The predicted molar refractivity (Wildman–Crippen MR) is 127 cm³/mol. The Bertz CT molecular complexity index is 1220. The molecule has 2 aromatic carbocycles. The Morgan fingerprint density at radius 3 is 2.84 bits per heavy atom. The second kappa shape index (κ2) is 9.74. The maximum Gasteiger partial charge on any atom is 0.173 e. The van der Waals surface area contributed by atoms with Crippen molar-refractivity contribution in [3.05, 3.63) is 75.9 Å². The van der Waals surface area contributed by atoms with Gasteiger partial charge in [0.2, 0.25) is 0 Å². The van der Waals surface area contributed by atoms with Crippen LogP contribution in [0.2, 0.25) is 5.02 Å². The van der Waals surface area contributed by atoms with E-state index in [1.54, 1.807) is 31.4 Å². The third-order valence-corrected chi connectivity index (χ3v) is 6.69. The number of benzene rings is 2. The van der Waals surface area contributed by atoms with Crippen LogP contribution in [-0.2, 0) is 13.0 Å². The highest BCUT2D eigenvalue weighted by Crippen LogP contribution is 2.40. The standard InChI is InChI=1S/C25H22ClN3O2S/c1-29-11-10-21-20(14-29)24(18-8-3-4-9-23(18)31-2)19(13-27)25(28-21)32-15-22(30)16-6-5-7-17(26)12-16/h3-9,12H,10-11,14-15H2,1-2H3. The van der Waals surface area contributed by atoms with Crippen molar-refractivity contribution in [2.45, 2.75) is 18.0 Å². The van der Waals surface area contributed by atoms with Gasteiger partial charge < -0.3 is 9.64 Å². The summed E-state index contributed by atoms with van der Waals surface area (Å²) in [6.07, 6.45) is 0.787. The third kappa shape index (κ3) is 4.51. The molecule has 1 aromatic heterocycles. The first-order chi connectivity index (χ1) is 15.5. The van der Waals surface area contributed by atoms with Crippen LogP contribution in [0.3, 0.4) is 0 Å². The number of thioether (sulfide) groups is 1. The van der Waals surface area contributed by atoms with Crippen LogP contribution in [0.4, 0.5) is 0 Å². The topological polar surface area (TPSA) is 66.2 Å². The molecule has 5 nitrogen and oxygen atoms in total. The van der Waals surface area contributed by atoms with Gasteiger partial charge in [-0.3, -0.25) is 4.79 Å². The van der Waals surface area contributed by atoms with Crippen LogP contribution >= 0.6 is 23.4 Å². The Labute approximate surface area is 197 Å². The van der Waals surface area contributed by atoms with Crippen LogP contribution in [0.15, 0.2) is 53.6 Å². The fourth-order valence-electron chi connectivity index (χ4n) is 3.91. The number of aromatic nitrogens is 1. The molecular formula is C25H22ClN3O2S. The number of carbonyl (C=O) groups excluding carboxylic acids is 1. The Kier molecular flexibility index (Phi) is 6.80. The molecule has 4 rings (SSSR count). The lowest BCUT2D eigenvalue weighted by molar-refractivity contribution is 0.102. The van der Waals surface area contributed by atoms with E-state index in [1.165, 1.54) is 11.8 Å². The maximum atomic E-state index is 12.7. The number of ether oxygens (including phenoxy) is 1. The number of rotatable bonds is 6. The zero-order valence-corrected chi connectivity index (χ0v) is 19.5. The number of pyridine rings is 1. The highest BCUT2D eigenvalue weighted by atomic mass is 35.5. The Morgan fingerprint density at radius 2 is 2.09 bits per heavy atom. The van der Waals surface area contributed by atoms with Crippen LogP contribution in [0.1, 0.15) is 27.2 Å². The highest BCUT2D eigenvalue weighted by molar-refractivity contribution is 8.00. The van der Waals surface area contributed by atoms with Crippen LogP contribution in [0, 0.1) is 11.3 Å². The minimum Gasteiger partial charge on any atom is -0.496 e. The fourth-order valence-corrected chi connectivity index (χ4v) is 5.00. The third-order valence-electron chi connectivity index (χ3n) is 5.48. The number of fused-ring (bicyclic) bond motifs is 1. The second-order valence-electron chi connectivity index (χ2n) is 7.61. The molecule has 0 radical (unpaired) electrons. The number of likely N-dealkylation sites (N-methyl/N-ethyl adjacent to an activating group) is 1. The lowest BCUT2D eigenvalue weighted by Gasteiger charge is -2.28. The van der Waals surface area contributed by atoms with Gasteiger partial charge in [-0.1, -0.05) is 53.7 Å². The number of hydrogen-bond donors (Lipinski definition) is 0. The summed E-state index contributed by atoms with van der Waals surface area (Å²) >= 11 is 7.33. The number of carbonyl (C=O) groups is 1. The molecule has 0 N–H and O–H groups in total. The molecule has 0 saturated carbocycles. The zero-order valence-electron chi connectivity index (χ0n) is 17.9. The molecular weight excluding hydrogens is 442 g/mol. The number of Topliss-reactive ketones (excluding diaryl/α,β-unsaturated/α-hetero) is 1. The van der Waals surface area contributed by atoms with Gasteiger partial charge in [0, 0.05) is 46.9 Å². The van der Waals surface area contributed by atoms with E-state index in [1.807, 2.05) is 24.3 Å². The van der Waals surface area contributed by atoms with E-state index in [-0.39, 0.29) is 11.5 Å². The van der Waals surface area contributed by atoms with Crippen molar-refractivity contribution < 1.29 is 9.53 Å². The molecule has 162 valence electrons. The molecule has 0 spiro atoms. The monoisotopic (exact) mass is 463 g/mol. The van der Waals surface area contributed by atoms with Gasteiger partial charge in [0.05, 0.1) is 18.4 Å². The van der Waals surface area contributed by atoms with Gasteiger partial charge in [0.25, 0.3) is 0 Å². The average Bonchev–Trinajstić information content (AvgIpc) is 2.81. The Balaban J connectivity index is 1.78. The van der Waals surface area contributed by atoms with E-state index in [0.29, 0.717) is 33.5 Å². The number of halogens is 1. The van der Waals surface area contributed by atoms with Gasteiger partial charge in [-0.2, -0.15) is 5.26 Å². The van der Waals surface area contributed by atoms with Crippen LogP contribution in [0.5, 0.6) is 5.75 Å². The number of methoxy groups -OCH3 is 1.